The monoisotopic (exact) mass is 532 g/mol. The zero-order valence-corrected chi connectivity index (χ0v) is 24.4. The van der Waals surface area contributed by atoms with Crippen LogP contribution in [0.3, 0.4) is 0 Å². The Morgan fingerprint density at radius 2 is 1.17 bits per heavy atom. The normalized spacial score (nSPS) is 12.7. The van der Waals surface area contributed by atoms with E-state index < -0.39 is 0 Å². The minimum Gasteiger partial charge on any atom is -0.192 e. The zero-order chi connectivity index (χ0) is 29.9. The van der Waals surface area contributed by atoms with Crippen LogP contribution in [0.25, 0.3) is 22.3 Å². The van der Waals surface area contributed by atoms with Crippen molar-refractivity contribution in [1.29, 1.82) is 21.0 Å². The summed E-state index contributed by atoms with van der Waals surface area (Å²) in [7, 11) is 0. The van der Waals surface area contributed by atoms with Gasteiger partial charge in [-0.15, -0.1) is 0 Å². The van der Waals surface area contributed by atoms with E-state index in [9.17, 15) is 21.0 Å². The Balaban J connectivity index is 2.25. The second kappa shape index (κ2) is 11.1. The van der Waals surface area contributed by atoms with E-state index in [-0.39, 0.29) is 27.9 Å². The number of benzene rings is 1. The van der Waals surface area contributed by atoms with Crippen molar-refractivity contribution in [3.63, 3.8) is 0 Å². The number of nitriles is 4. The first-order chi connectivity index (χ1) is 19.4. The Bertz CT molecular complexity index is 1820. The summed E-state index contributed by atoms with van der Waals surface area (Å²) in [5, 5.41) is 40.4. The molecular weight excluding hydrogens is 500 g/mol. The first-order valence-electron chi connectivity index (χ1n) is 13.6. The number of fused-ring (bicyclic) bond motifs is 1. The van der Waals surface area contributed by atoms with Crippen LogP contribution in [0.5, 0.6) is 0 Å². The third kappa shape index (κ3) is 5.61. The molecule has 0 N–H and O–H groups in total. The fourth-order valence-corrected chi connectivity index (χ4v) is 5.32. The predicted molar refractivity (Wildman–Crippen MR) is 163 cm³/mol. The maximum Gasteiger partial charge on any atom is 0.136 e. The highest BCUT2D eigenvalue weighted by atomic mass is 14.4. The zero-order valence-electron chi connectivity index (χ0n) is 24.4. The van der Waals surface area contributed by atoms with Crippen molar-refractivity contribution in [2.24, 2.45) is 5.92 Å². The molecule has 200 valence electrons. The maximum absolute atomic E-state index is 10.1. The molecule has 4 nitrogen and oxygen atoms in total. The summed E-state index contributed by atoms with van der Waals surface area (Å²) in [4.78, 5) is 0. The highest BCUT2D eigenvalue weighted by molar-refractivity contribution is 5.94. The molecule has 0 saturated heterocycles. The van der Waals surface area contributed by atoms with Gasteiger partial charge in [0.05, 0.1) is 0 Å². The van der Waals surface area contributed by atoms with Crippen molar-refractivity contribution in [2.75, 3.05) is 0 Å². The van der Waals surface area contributed by atoms with Crippen LogP contribution in [0, 0.1) is 51.2 Å². The molecule has 0 aliphatic heterocycles. The molecule has 0 saturated carbocycles. The maximum atomic E-state index is 10.1. The van der Waals surface area contributed by atoms with Gasteiger partial charge in [-0.1, -0.05) is 114 Å². The Kier molecular flexibility index (Phi) is 7.84. The molecule has 1 aromatic carbocycles. The van der Waals surface area contributed by atoms with E-state index in [0.29, 0.717) is 10.8 Å². The number of hydrogen-bond acceptors (Lipinski definition) is 4. The fourth-order valence-electron chi connectivity index (χ4n) is 5.32. The minimum absolute atomic E-state index is 0.0285. The minimum atomic E-state index is -0.259. The summed E-state index contributed by atoms with van der Waals surface area (Å²) >= 11 is 0. The largest absolute Gasteiger partial charge is 0.192 e. The van der Waals surface area contributed by atoms with E-state index in [1.165, 1.54) is 11.1 Å². The van der Waals surface area contributed by atoms with Gasteiger partial charge in [-0.2, -0.15) is 21.0 Å². The Hall–Kier alpha value is -5.16. The Labute approximate surface area is 242 Å². The van der Waals surface area contributed by atoms with Gasteiger partial charge in [-0.3, -0.25) is 0 Å². The number of allylic oxidation sites excluding steroid dienone is 6. The van der Waals surface area contributed by atoms with Crippen LogP contribution >= 0.6 is 0 Å². The molecule has 0 amide bonds. The fraction of sp³-hybridized carbons (Fsp3) is 0.243. The molecule has 3 aliphatic carbocycles. The van der Waals surface area contributed by atoms with Crippen LogP contribution in [-0.4, -0.2) is 0 Å². The van der Waals surface area contributed by atoms with Crippen LogP contribution in [0.1, 0.15) is 58.2 Å². The van der Waals surface area contributed by atoms with Crippen LogP contribution < -0.4 is 10.4 Å². The highest BCUT2D eigenvalue weighted by Crippen LogP contribution is 2.45. The lowest BCUT2D eigenvalue weighted by Gasteiger charge is -2.19. The van der Waals surface area contributed by atoms with Crippen molar-refractivity contribution in [3.8, 4) is 35.4 Å². The number of hydrogen-bond donors (Lipinski definition) is 0. The molecule has 0 bridgehead atoms. The van der Waals surface area contributed by atoms with Crippen LogP contribution in [-0.2, 0) is 10.8 Å². The van der Waals surface area contributed by atoms with Gasteiger partial charge in [0.2, 0.25) is 0 Å². The standard InChI is InChI=1S/C37H32N4/c1-36(2,3)29-15-17-30-31(18-16-29)33(37(4,5)6)19-32(30)35(26-13-11-24(12-14-26)27(20-38)21-39)34(28(22-40)23-41)25-9-7-8-10-25/h7-19,25H,1-6H3. The van der Waals surface area contributed by atoms with Crippen molar-refractivity contribution >= 4 is 11.1 Å². The molecule has 3 aliphatic rings. The van der Waals surface area contributed by atoms with Gasteiger partial charge in [0.15, 0.2) is 0 Å². The van der Waals surface area contributed by atoms with E-state index >= 15 is 0 Å². The first-order valence-corrected chi connectivity index (χ1v) is 13.6. The lowest BCUT2D eigenvalue weighted by atomic mass is 9.83. The molecular formula is C37H32N4. The van der Waals surface area contributed by atoms with Gasteiger partial charge in [-0.25, -0.2) is 0 Å². The summed E-state index contributed by atoms with van der Waals surface area (Å²) in [5.74, 6) is -0.259. The van der Waals surface area contributed by atoms with Gasteiger partial charge in [0.25, 0.3) is 0 Å². The summed E-state index contributed by atoms with van der Waals surface area (Å²) in [5.41, 5.74) is 6.74. The highest BCUT2D eigenvalue weighted by Gasteiger charge is 2.30. The third-order valence-electron chi connectivity index (χ3n) is 7.49. The summed E-state index contributed by atoms with van der Waals surface area (Å²) in [6.45, 7) is 13.1. The Morgan fingerprint density at radius 3 is 1.66 bits per heavy atom. The lowest BCUT2D eigenvalue weighted by Crippen LogP contribution is -2.17. The topological polar surface area (TPSA) is 95.2 Å². The van der Waals surface area contributed by atoms with E-state index in [4.69, 9.17) is 0 Å². The Morgan fingerprint density at radius 1 is 0.634 bits per heavy atom. The number of nitrogens with zero attached hydrogens (tertiary/aromatic N) is 4. The second-order valence-corrected chi connectivity index (χ2v) is 12.3. The van der Waals surface area contributed by atoms with E-state index in [0.717, 1.165) is 27.5 Å². The van der Waals surface area contributed by atoms with E-state index in [1.807, 2.05) is 48.6 Å². The molecule has 0 spiro atoms. The van der Waals surface area contributed by atoms with E-state index in [1.54, 1.807) is 12.1 Å². The van der Waals surface area contributed by atoms with E-state index in [2.05, 4.69) is 84.0 Å². The molecule has 0 fully saturated rings. The van der Waals surface area contributed by atoms with Crippen LogP contribution in [0.2, 0.25) is 0 Å². The van der Waals surface area contributed by atoms with Crippen molar-refractivity contribution in [3.05, 3.63) is 117 Å². The lowest BCUT2D eigenvalue weighted by molar-refractivity contribution is 0.590. The van der Waals surface area contributed by atoms with Crippen molar-refractivity contribution < 1.29 is 0 Å². The molecule has 4 rings (SSSR count). The quantitative estimate of drug-likeness (QED) is 0.344. The molecule has 4 heteroatoms. The molecule has 0 aromatic heterocycles. The summed E-state index contributed by atoms with van der Waals surface area (Å²) < 4.78 is 0. The predicted octanol–water partition coefficient (Wildman–Crippen LogP) is 6.87. The van der Waals surface area contributed by atoms with Gasteiger partial charge in [0.1, 0.15) is 35.4 Å². The van der Waals surface area contributed by atoms with Crippen molar-refractivity contribution in [2.45, 2.75) is 52.4 Å². The second-order valence-electron chi connectivity index (χ2n) is 12.3. The van der Waals surface area contributed by atoms with Crippen LogP contribution in [0.15, 0.2) is 90.0 Å². The average molecular weight is 533 g/mol. The van der Waals surface area contributed by atoms with Gasteiger partial charge in [0, 0.05) is 11.1 Å². The average Bonchev–Trinajstić information content (AvgIpc) is 3.52. The van der Waals surface area contributed by atoms with Gasteiger partial charge >= 0.3 is 0 Å². The summed E-state index contributed by atoms with van der Waals surface area (Å²) in [6, 6.07) is 26.3. The van der Waals surface area contributed by atoms with Crippen molar-refractivity contribution in [1.82, 2.24) is 0 Å². The smallest absolute Gasteiger partial charge is 0.136 e. The summed E-state index contributed by atoms with van der Waals surface area (Å²) in [6.07, 6.45) is 7.84. The number of rotatable bonds is 3. The van der Waals surface area contributed by atoms with Gasteiger partial charge in [-0.05, 0) is 61.1 Å². The van der Waals surface area contributed by atoms with Gasteiger partial charge < -0.3 is 0 Å². The molecule has 0 heterocycles. The SMILES string of the molecule is CC(C)(C)c1ccc2c(C(C(=C(C#N)C#N)C3C=CC=C3)=c3ccc(=C(C#N)C#N)cc3)cc(C(C)(C)C)c-2cc1. The molecule has 0 radical (unpaired) electrons. The van der Waals surface area contributed by atoms with Crippen LogP contribution in [0.4, 0.5) is 0 Å². The third-order valence-corrected chi connectivity index (χ3v) is 7.49. The molecule has 0 unspecified atom stereocenters. The first kappa shape index (κ1) is 28.8. The molecule has 0 atom stereocenters. The molecule has 1 aromatic rings. The molecule has 41 heavy (non-hydrogen) atoms.